The maximum absolute atomic E-state index is 12.1. The quantitative estimate of drug-likeness (QED) is 0.747. The van der Waals surface area contributed by atoms with Crippen LogP contribution in [0.1, 0.15) is 35.7 Å². The second-order valence-electron chi connectivity index (χ2n) is 5.51. The molecule has 2 aromatic carbocycles. The van der Waals surface area contributed by atoms with Gasteiger partial charge < -0.3 is 10.6 Å². The van der Waals surface area contributed by atoms with E-state index in [4.69, 9.17) is 0 Å². The maximum atomic E-state index is 12.1. The number of aryl methyl sites for hydroxylation is 1. The number of hydrogen-bond donors (Lipinski definition) is 2. The summed E-state index contributed by atoms with van der Waals surface area (Å²) in [5, 5.41) is 5.38. The maximum Gasteiger partial charge on any atom is 0.251 e. The van der Waals surface area contributed by atoms with Crippen LogP contribution in [0.3, 0.4) is 0 Å². The van der Waals surface area contributed by atoms with Crippen molar-refractivity contribution in [3.05, 3.63) is 64.1 Å². The molecule has 0 spiro atoms. The van der Waals surface area contributed by atoms with Crippen molar-refractivity contribution in [3.8, 4) is 0 Å². The summed E-state index contributed by atoms with van der Waals surface area (Å²) in [5.41, 5.74) is 2.46. The van der Waals surface area contributed by atoms with Gasteiger partial charge in [-0.2, -0.15) is 0 Å². The van der Waals surface area contributed by atoms with Gasteiger partial charge >= 0.3 is 0 Å². The lowest BCUT2D eigenvalue weighted by Gasteiger charge is -2.09. The Morgan fingerprint density at radius 1 is 1.04 bits per heavy atom. The summed E-state index contributed by atoms with van der Waals surface area (Å²) in [7, 11) is 0. The number of carbonyl (C=O) groups is 2. The van der Waals surface area contributed by atoms with Gasteiger partial charge in [0, 0.05) is 10.0 Å². The Hall–Kier alpha value is -2.14. The molecule has 0 heterocycles. The average Bonchev–Trinajstić information content (AvgIpc) is 2.60. The highest BCUT2D eigenvalue weighted by Gasteiger charge is 2.09. The fourth-order valence-corrected chi connectivity index (χ4v) is 2.61. The van der Waals surface area contributed by atoms with Gasteiger partial charge in [0.05, 0.1) is 12.2 Å². The zero-order valence-electron chi connectivity index (χ0n) is 13.6. The number of hydrogen-bond acceptors (Lipinski definition) is 2. The van der Waals surface area contributed by atoms with Gasteiger partial charge in [-0.1, -0.05) is 37.6 Å². The second-order valence-corrected chi connectivity index (χ2v) is 6.37. The van der Waals surface area contributed by atoms with Crippen LogP contribution < -0.4 is 10.6 Å². The first kappa shape index (κ1) is 18.2. The van der Waals surface area contributed by atoms with Crippen LogP contribution in [-0.2, 0) is 11.2 Å². The summed E-state index contributed by atoms with van der Waals surface area (Å²) in [6, 6.07) is 14.9. The molecule has 0 radical (unpaired) electrons. The molecule has 24 heavy (non-hydrogen) atoms. The van der Waals surface area contributed by atoms with Crippen LogP contribution in [0.2, 0.25) is 0 Å². The van der Waals surface area contributed by atoms with Crippen molar-refractivity contribution in [2.75, 3.05) is 11.9 Å². The first-order valence-electron chi connectivity index (χ1n) is 8.01. The molecule has 4 nitrogen and oxygen atoms in total. The van der Waals surface area contributed by atoms with Crippen molar-refractivity contribution in [3.63, 3.8) is 0 Å². The Balaban J connectivity index is 1.84. The van der Waals surface area contributed by atoms with Gasteiger partial charge in [-0.15, -0.1) is 0 Å². The monoisotopic (exact) mass is 388 g/mol. The lowest BCUT2D eigenvalue weighted by Crippen LogP contribution is -2.32. The zero-order valence-corrected chi connectivity index (χ0v) is 15.2. The number of rotatable bonds is 7. The molecule has 5 heteroatoms. The van der Waals surface area contributed by atoms with E-state index in [2.05, 4.69) is 33.5 Å². The molecule has 0 aromatic heterocycles. The molecule has 0 bridgehead atoms. The topological polar surface area (TPSA) is 58.2 Å². The van der Waals surface area contributed by atoms with Gasteiger partial charge in [-0.3, -0.25) is 9.59 Å². The number of halogens is 1. The Kier molecular flexibility index (Phi) is 7.00. The molecule has 2 rings (SSSR count). The highest BCUT2D eigenvalue weighted by atomic mass is 79.9. The van der Waals surface area contributed by atoms with E-state index < -0.39 is 0 Å². The Morgan fingerprint density at radius 3 is 2.42 bits per heavy atom. The molecule has 0 fully saturated rings. The van der Waals surface area contributed by atoms with E-state index in [0.29, 0.717) is 11.3 Å². The summed E-state index contributed by atoms with van der Waals surface area (Å²) in [4.78, 5) is 24.0. The van der Waals surface area contributed by atoms with E-state index >= 15 is 0 Å². The molecule has 0 unspecified atom stereocenters. The van der Waals surface area contributed by atoms with E-state index in [1.165, 1.54) is 5.56 Å². The van der Waals surface area contributed by atoms with Gasteiger partial charge in [-0.25, -0.2) is 0 Å². The third-order valence-electron chi connectivity index (χ3n) is 3.59. The lowest BCUT2D eigenvalue weighted by atomic mass is 10.1. The minimum atomic E-state index is -0.269. The van der Waals surface area contributed by atoms with Crippen molar-refractivity contribution < 1.29 is 9.59 Å². The molecule has 0 atom stereocenters. The largest absolute Gasteiger partial charge is 0.343 e. The van der Waals surface area contributed by atoms with Crippen LogP contribution in [0.5, 0.6) is 0 Å². The SMILES string of the molecule is CCCCc1ccc(C(=O)NCC(=O)Nc2ccccc2Br)cc1. The van der Waals surface area contributed by atoms with E-state index in [9.17, 15) is 9.59 Å². The fourth-order valence-electron chi connectivity index (χ4n) is 2.22. The van der Waals surface area contributed by atoms with Gasteiger partial charge in [-0.05, 0) is 58.6 Å². The summed E-state index contributed by atoms with van der Waals surface area (Å²) >= 11 is 3.36. The number of anilines is 1. The van der Waals surface area contributed by atoms with Crippen molar-refractivity contribution in [1.82, 2.24) is 5.32 Å². The summed E-state index contributed by atoms with van der Waals surface area (Å²) in [6.45, 7) is 2.08. The van der Waals surface area contributed by atoms with E-state index in [-0.39, 0.29) is 18.4 Å². The molecule has 0 saturated carbocycles. The summed E-state index contributed by atoms with van der Waals surface area (Å²) < 4.78 is 0.798. The normalized spacial score (nSPS) is 10.2. The molecular weight excluding hydrogens is 368 g/mol. The Morgan fingerprint density at radius 2 is 1.75 bits per heavy atom. The minimum absolute atomic E-state index is 0.0717. The van der Waals surface area contributed by atoms with Crippen molar-refractivity contribution in [2.45, 2.75) is 26.2 Å². The third-order valence-corrected chi connectivity index (χ3v) is 4.28. The molecule has 0 aliphatic carbocycles. The number of carbonyl (C=O) groups excluding carboxylic acids is 2. The lowest BCUT2D eigenvalue weighted by molar-refractivity contribution is -0.115. The first-order chi connectivity index (χ1) is 11.6. The molecule has 126 valence electrons. The predicted octanol–water partition coefficient (Wildman–Crippen LogP) is 4.16. The molecule has 0 saturated heterocycles. The zero-order chi connectivity index (χ0) is 17.4. The summed E-state index contributed by atoms with van der Waals surface area (Å²) in [5.74, 6) is -0.519. The van der Waals surface area contributed by atoms with Crippen molar-refractivity contribution in [2.24, 2.45) is 0 Å². The Bertz CT molecular complexity index is 699. The molecular formula is C19H21BrN2O2. The summed E-state index contributed by atoms with van der Waals surface area (Å²) in [6.07, 6.45) is 3.31. The van der Waals surface area contributed by atoms with Crippen LogP contribution in [0.4, 0.5) is 5.69 Å². The van der Waals surface area contributed by atoms with Gasteiger partial charge in [0.15, 0.2) is 0 Å². The van der Waals surface area contributed by atoms with Crippen molar-refractivity contribution in [1.29, 1.82) is 0 Å². The standard InChI is InChI=1S/C19H21BrN2O2/c1-2-3-6-14-9-11-15(12-10-14)19(24)21-13-18(23)22-17-8-5-4-7-16(17)20/h4-5,7-12H,2-3,6,13H2,1H3,(H,21,24)(H,22,23). The number of amides is 2. The van der Waals surface area contributed by atoms with Gasteiger partial charge in [0.1, 0.15) is 0 Å². The van der Waals surface area contributed by atoms with Gasteiger partial charge in [0.2, 0.25) is 5.91 Å². The molecule has 2 amide bonds. The number of nitrogens with one attached hydrogen (secondary N) is 2. The molecule has 0 aliphatic heterocycles. The van der Waals surface area contributed by atoms with E-state index in [1.54, 1.807) is 18.2 Å². The Labute approximate surface area is 150 Å². The predicted molar refractivity (Wildman–Crippen MR) is 100 cm³/mol. The number of benzene rings is 2. The first-order valence-corrected chi connectivity index (χ1v) is 8.81. The highest BCUT2D eigenvalue weighted by molar-refractivity contribution is 9.10. The van der Waals surface area contributed by atoms with Crippen LogP contribution in [0.15, 0.2) is 53.0 Å². The van der Waals surface area contributed by atoms with Gasteiger partial charge in [0.25, 0.3) is 5.91 Å². The smallest absolute Gasteiger partial charge is 0.251 e. The number of unbranched alkanes of at least 4 members (excludes halogenated alkanes) is 1. The molecule has 0 aliphatic rings. The van der Waals surface area contributed by atoms with Crippen LogP contribution in [-0.4, -0.2) is 18.4 Å². The van der Waals surface area contributed by atoms with Crippen LogP contribution >= 0.6 is 15.9 Å². The second kappa shape index (κ2) is 9.23. The third kappa shape index (κ3) is 5.49. The molecule has 2 N–H and O–H groups in total. The molecule has 2 aromatic rings. The van der Waals surface area contributed by atoms with E-state index in [1.807, 2.05) is 30.3 Å². The van der Waals surface area contributed by atoms with Crippen LogP contribution in [0, 0.1) is 0 Å². The minimum Gasteiger partial charge on any atom is -0.343 e. The fraction of sp³-hybridized carbons (Fsp3) is 0.263. The highest BCUT2D eigenvalue weighted by Crippen LogP contribution is 2.20. The van der Waals surface area contributed by atoms with Crippen molar-refractivity contribution >= 4 is 33.4 Å². The van der Waals surface area contributed by atoms with Crippen LogP contribution in [0.25, 0.3) is 0 Å². The van der Waals surface area contributed by atoms with E-state index in [0.717, 1.165) is 23.7 Å². The average molecular weight is 389 g/mol. The number of para-hydroxylation sites is 1.